The van der Waals surface area contributed by atoms with Gasteiger partial charge in [0.1, 0.15) is 6.61 Å². The van der Waals surface area contributed by atoms with Crippen molar-refractivity contribution < 1.29 is 9.53 Å². The molecule has 1 amide bonds. The number of benzene rings is 1. The fourth-order valence-electron chi connectivity index (χ4n) is 1.58. The molecule has 0 aliphatic rings. The lowest BCUT2D eigenvalue weighted by Crippen LogP contribution is -2.34. The molecule has 0 aliphatic carbocycles. The van der Waals surface area contributed by atoms with Crippen LogP contribution in [0.2, 0.25) is 0 Å². The highest BCUT2D eigenvalue weighted by molar-refractivity contribution is 5.94. The standard InChI is InChI=1S/C13H20N2O2/c1-3-8-17-10-13(16)15(4-2)12-7-5-6-11(14)9-12/h5-7,9H,3-4,8,10,14H2,1-2H3. The maximum Gasteiger partial charge on any atom is 0.252 e. The highest BCUT2D eigenvalue weighted by Gasteiger charge is 2.13. The molecule has 0 atom stereocenters. The number of anilines is 2. The topological polar surface area (TPSA) is 55.6 Å². The number of nitrogen functional groups attached to an aromatic ring is 1. The molecule has 0 fully saturated rings. The second-order valence-corrected chi connectivity index (χ2v) is 3.79. The Bertz CT molecular complexity index is 366. The summed E-state index contributed by atoms with van der Waals surface area (Å²) in [5, 5.41) is 0. The van der Waals surface area contributed by atoms with E-state index in [-0.39, 0.29) is 12.5 Å². The van der Waals surface area contributed by atoms with Crippen LogP contribution in [0.4, 0.5) is 11.4 Å². The number of carbonyl (C=O) groups excluding carboxylic acids is 1. The number of nitrogens with zero attached hydrogens (tertiary/aromatic N) is 1. The zero-order valence-electron chi connectivity index (χ0n) is 10.5. The van der Waals surface area contributed by atoms with Crippen LogP contribution in [0.3, 0.4) is 0 Å². The van der Waals surface area contributed by atoms with E-state index in [1.807, 2.05) is 26.0 Å². The highest BCUT2D eigenvalue weighted by Crippen LogP contribution is 2.17. The van der Waals surface area contributed by atoms with Gasteiger partial charge in [0.15, 0.2) is 0 Å². The Morgan fingerprint density at radius 2 is 2.18 bits per heavy atom. The van der Waals surface area contributed by atoms with E-state index in [0.717, 1.165) is 12.1 Å². The molecule has 4 heteroatoms. The van der Waals surface area contributed by atoms with Crippen molar-refractivity contribution in [2.75, 3.05) is 30.4 Å². The van der Waals surface area contributed by atoms with Gasteiger partial charge >= 0.3 is 0 Å². The Morgan fingerprint density at radius 3 is 2.76 bits per heavy atom. The van der Waals surface area contributed by atoms with E-state index in [9.17, 15) is 4.79 Å². The van der Waals surface area contributed by atoms with Crippen LogP contribution in [0.25, 0.3) is 0 Å². The maximum atomic E-state index is 11.9. The van der Waals surface area contributed by atoms with Crippen molar-refractivity contribution >= 4 is 17.3 Å². The largest absolute Gasteiger partial charge is 0.399 e. The molecule has 94 valence electrons. The van der Waals surface area contributed by atoms with Crippen LogP contribution in [-0.4, -0.2) is 25.7 Å². The maximum absolute atomic E-state index is 11.9. The van der Waals surface area contributed by atoms with E-state index < -0.39 is 0 Å². The summed E-state index contributed by atoms with van der Waals surface area (Å²) in [7, 11) is 0. The third-order valence-corrected chi connectivity index (χ3v) is 2.37. The lowest BCUT2D eigenvalue weighted by molar-refractivity contribution is -0.123. The van der Waals surface area contributed by atoms with Crippen LogP contribution in [-0.2, 0) is 9.53 Å². The summed E-state index contributed by atoms with van der Waals surface area (Å²) in [6.07, 6.45) is 0.914. The first-order chi connectivity index (χ1) is 8.19. The molecule has 4 nitrogen and oxygen atoms in total. The number of nitrogens with two attached hydrogens (primary N) is 1. The van der Waals surface area contributed by atoms with E-state index in [0.29, 0.717) is 18.8 Å². The molecule has 0 radical (unpaired) electrons. The van der Waals surface area contributed by atoms with Gasteiger partial charge in [-0.3, -0.25) is 4.79 Å². The Hall–Kier alpha value is -1.55. The summed E-state index contributed by atoms with van der Waals surface area (Å²) in [5.41, 5.74) is 7.18. The molecule has 0 unspecified atom stereocenters. The van der Waals surface area contributed by atoms with Gasteiger partial charge < -0.3 is 15.4 Å². The van der Waals surface area contributed by atoms with Crippen molar-refractivity contribution in [3.8, 4) is 0 Å². The minimum Gasteiger partial charge on any atom is -0.399 e. The lowest BCUT2D eigenvalue weighted by Gasteiger charge is -2.21. The zero-order chi connectivity index (χ0) is 12.7. The quantitative estimate of drug-likeness (QED) is 0.607. The number of amides is 1. The average Bonchev–Trinajstić information content (AvgIpc) is 2.30. The van der Waals surface area contributed by atoms with Gasteiger partial charge in [-0.1, -0.05) is 13.0 Å². The number of ether oxygens (including phenoxy) is 1. The predicted molar refractivity (Wildman–Crippen MR) is 70.0 cm³/mol. The molecule has 0 spiro atoms. The van der Waals surface area contributed by atoms with Gasteiger partial charge in [-0.25, -0.2) is 0 Å². The van der Waals surface area contributed by atoms with Gasteiger partial charge in [-0.15, -0.1) is 0 Å². The van der Waals surface area contributed by atoms with Gasteiger partial charge in [-0.05, 0) is 31.5 Å². The van der Waals surface area contributed by atoms with Crippen LogP contribution in [0.1, 0.15) is 20.3 Å². The molecule has 0 aliphatic heterocycles. The van der Waals surface area contributed by atoms with E-state index in [1.54, 1.807) is 17.0 Å². The van der Waals surface area contributed by atoms with E-state index in [2.05, 4.69) is 0 Å². The Morgan fingerprint density at radius 1 is 1.41 bits per heavy atom. The molecule has 1 aromatic carbocycles. The number of hydrogen-bond acceptors (Lipinski definition) is 3. The summed E-state index contributed by atoms with van der Waals surface area (Å²) < 4.78 is 5.26. The molecule has 0 saturated heterocycles. The third kappa shape index (κ3) is 4.07. The number of hydrogen-bond donors (Lipinski definition) is 1. The van der Waals surface area contributed by atoms with Crippen LogP contribution in [0, 0.1) is 0 Å². The molecule has 0 saturated carbocycles. The summed E-state index contributed by atoms with van der Waals surface area (Å²) in [6.45, 7) is 5.29. The van der Waals surface area contributed by atoms with Crippen molar-refractivity contribution in [3.05, 3.63) is 24.3 Å². The zero-order valence-corrected chi connectivity index (χ0v) is 10.5. The SMILES string of the molecule is CCCOCC(=O)N(CC)c1cccc(N)c1. The van der Waals surface area contributed by atoms with E-state index in [1.165, 1.54) is 0 Å². The highest BCUT2D eigenvalue weighted by atomic mass is 16.5. The Kier molecular flexibility index (Phi) is 5.49. The number of carbonyl (C=O) groups is 1. The van der Waals surface area contributed by atoms with Gasteiger partial charge in [0.2, 0.25) is 0 Å². The van der Waals surface area contributed by atoms with Gasteiger partial charge in [-0.2, -0.15) is 0 Å². The summed E-state index contributed by atoms with van der Waals surface area (Å²) in [4.78, 5) is 13.6. The number of likely N-dealkylation sites (N-methyl/N-ethyl adjacent to an activating group) is 1. The van der Waals surface area contributed by atoms with Gasteiger partial charge in [0.25, 0.3) is 5.91 Å². The molecule has 1 rings (SSSR count). The first-order valence-corrected chi connectivity index (χ1v) is 5.92. The van der Waals surface area contributed by atoms with Crippen LogP contribution >= 0.6 is 0 Å². The molecular formula is C13H20N2O2. The molecular weight excluding hydrogens is 216 g/mol. The second kappa shape index (κ2) is 6.91. The fraction of sp³-hybridized carbons (Fsp3) is 0.462. The normalized spacial score (nSPS) is 10.2. The molecule has 0 aromatic heterocycles. The Balaban J connectivity index is 2.67. The van der Waals surface area contributed by atoms with Crippen molar-refractivity contribution in [2.24, 2.45) is 0 Å². The van der Waals surface area contributed by atoms with Crippen LogP contribution in [0.5, 0.6) is 0 Å². The van der Waals surface area contributed by atoms with Gasteiger partial charge in [0.05, 0.1) is 0 Å². The van der Waals surface area contributed by atoms with Crippen molar-refractivity contribution in [1.29, 1.82) is 0 Å². The van der Waals surface area contributed by atoms with Crippen molar-refractivity contribution in [2.45, 2.75) is 20.3 Å². The minimum absolute atomic E-state index is 0.0356. The van der Waals surface area contributed by atoms with E-state index in [4.69, 9.17) is 10.5 Å². The first-order valence-electron chi connectivity index (χ1n) is 5.92. The summed E-state index contributed by atoms with van der Waals surface area (Å²) >= 11 is 0. The van der Waals surface area contributed by atoms with Crippen molar-refractivity contribution in [1.82, 2.24) is 0 Å². The molecule has 17 heavy (non-hydrogen) atoms. The smallest absolute Gasteiger partial charge is 0.252 e. The lowest BCUT2D eigenvalue weighted by atomic mass is 10.2. The van der Waals surface area contributed by atoms with E-state index >= 15 is 0 Å². The van der Waals surface area contributed by atoms with Crippen LogP contribution < -0.4 is 10.6 Å². The first kappa shape index (κ1) is 13.5. The number of rotatable bonds is 6. The predicted octanol–water partition coefficient (Wildman–Crippen LogP) is 2.05. The molecule has 1 aromatic rings. The van der Waals surface area contributed by atoms with Crippen LogP contribution in [0.15, 0.2) is 24.3 Å². The summed E-state index contributed by atoms with van der Waals surface area (Å²) in [6, 6.07) is 7.31. The minimum atomic E-state index is -0.0356. The monoisotopic (exact) mass is 236 g/mol. The van der Waals surface area contributed by atoms with Gasteiger partial charge in [0, 0.05) is 24.5 Å². The Labute approximate surface area is 102 Å². The third-order valence-electron chi connectivity index (χ3n) is 2.37. The average molecular weight is 236 g/mol. The summed E-state index contributed by atoms with van der Waals surface area (Å²) in [5.74, 6) is -0.0356. The van der Waals surface area contributed by atoms with Crippen molar-refractivity contribution in [3.63, 3.8) is 0 Å². The molecule has 0 bridgehead atoms. The fourth-order valence-corrected chi connectivity index (χ4v) is 1.58. The molecule has 2 N–H and O–H groups in total. The molecule has 0 heterocycles. The second-order valence-electron chi connectivity index (χ2n) is 3.79.